The van der Waals surface area contributed by atoms with Crippen LogP contribution in [0.3, 0.4) is 0 Å². The third-order valence-electron chi connectivity index (χ3n) is 1.71. The standard InChI is InChI=1S/C10H8Cl2N2O/c1-13-6-10(15)14-5-7-2-3-8(11)4-9(7)12/h2-4H,5-6H2,(H,14,15). The van der Waals surface area contributed by atoms with Gasteiger partial charge < -0.3 is 10.2 Å². The molecular formula is C10H8Cl2N2O. The van der Waals surface area contributed by atoms with E-state index < -0.39 is 0 Å². The van der Waals surface area contributed by atoms with E-state index in [0.29, 0.717) is 16.6 Å². The fraction of sp³-hybridized carbons (Fsp3) is 0.200. The van der Waals surface area contributed by atoms with E-state index in [4.69, 9.17) is 29.8 Å². The quantitative estimate of drug-likeness (QED) is 0.813. The molecule has 0 aromatic heterocycles. The van der Waals surface area contributed by atoms with E-state index in [9.17, 15) is 4.79 Å². The molecule has 1 N–H and O–H groups in total. The number of carbonyl (C=O) groups is 1. The summed E-state index contributed by atoms with van der Waals surface area (Å²) in [5.74, 6) is -0.309. The van der Waals surface area contributed by atoms with E-state index in [1.807, 2.05) is 0 Å². The third kappa shape index (κ3) is 3.78. The van der Waals surface area contributed by atoms with Crippen molar-refractivity contribution in [3.8, 4) is 0 Å². The molecule has 1 aromatic carbocycles. The molecular weight excluding hydrogens is 235 g/mol. The third-order valence-corrected chi connectivity index (χ3v) is 2.30. The lowest BCUT2D eigenvalue weighted by molar-refractivity contribution is -0.119. The van der Waals surface area contributed by atoms with Gasteiger partial charge in [-0.05, 0) is 17.7 Å². The van der Waals surface area contributed by atoms with Crippen molar-refractivity contribution in [2.75, 3.05) is 6.54 Å². The average Bonchev–Trinajstić information content (AvgIpc) is 2.17. The largest absolute Gasteiger partial charge is 0.346 e. The van der Waals surface area contributed by atoms with E-state index in [0.717, 1.165) is 5.56 Å². The summed E-state index contributed by atoms with van der Waals surface area (Å²) in [4.78, 5) is 14.0. The summed E-state index contributed by atoms with van der Waals surface area (Å²) < 4.78 is 0. The zero-order valence-corrected chi connectivity index (χ0v) is 9.27. The second-order valence-corrected chi connectivity index (χ2v) is 3.67. The average molecular weight is 243 g/mol. The van der Waals surface area contributed by atoms with Crippen LogP contribution in [0.5, 0.6) is 0 Å². The van der Waals surface area contributed by atoms with Crippen molar-refractivity contribution in [3.63, 3.8) is 0 Å². The van der Waals surface area contributed by atoms with Crippen LogP contribution in [0.4, 0.5) is 0 Å². The molecule has 0 unspecified atom stereocenters. The van der Waals surface area contributed by atoms with E-state index in [-0.39, 0.29) is 12.5 Å². The van der Waals surface area contributed by atoms with Gasteiger partial charge in [-0.1, -0.05) is 29.3 Å². The molecule has 0 radical (unpaired) electrons. The summed E-state index contributed by atoms with van der Waals surface area (Å²) in [7, 11) is 0. The molecule has 0 aliphatic rings. The zero-order valence-electron chi connectivity index (χ0n) is 7.76. The predicted octanol–water partition coefficient (Wildman–Crippen LogP) is 2.53. The van der Waals surface area contributed by atoms with Crippen molar-refractivity contribution in [1.82, 2.24) is 5.32 Å². The van der Waals surface area contributed by atoms with Crippen LogP contribution in [0.2, 0.25) is 10.0 Å². The Hall–Kier alpha value is -1.24. The van der Waals surface area contributed by atoms with Crippen molar-refractivity contribution >= 4 is 29.1 Å². The number of hydrogen-bond acceptors (Lipinski definition) is 1. The minimum Gasteiger partial charge on any atom is -0.346 e. The molecule has 5 heteroatoms. The van der Waals surface area contributed by atoms with Gasteiger partial charge >= 0.3 is 0 Å². The van der Waals surface area contributed by atoms with Crippen LogP contribution in [0, 0.1) is 6.57 Å². The second-order valence-electron chi connectivity index (χ2n) is 2.83. The zero-order chi connectivity index (χ0) is 11.3. The molecule has 0 heterocycles. The number of rotatable bonds is 3. The molecule has 0 atom stereocenters. The van der Waals surface area contributed by atoms with Gasteiger partial charge in [0.05, 0.1) is 0 Å². The van der Waals surface area contributed by atoms with Gasteiger partial charge in [0.25, 0.3) is 12.5 Å². The highest BCUT2D eigenvalue weighted by atomic mass is 35.5. The Kier molecular flexibility index (Phi) is 4.41. The molecule has 15 heavy (non-hydrogen) atoms. The van der Waals surface area contributed by atoms with Crippen molar-refractivity contribution in [1.29, 1.82) is 0 Å². The maximum absolute atomic E-state index is 11.0. The SMILES string of the molecule is [C-]#[N+]CC(=O)NCc1ccc(Cl)cc1Cl. The lowest BCUT2D eigenvalue weighted by Crippen LogP contribution is -2.24. The maximum Gasteiger partial charge on any atom is 0.300 e. The first-order valence-corrected chi connectivity index (χ1v) is 4.93. The predicted molar refractivity (Wildman–Crippen MR) is 59.8 cm³/mol. The Morgan fingerprint density at radius 3 is 2.80 bits per heavy atom. The second kappa shape index (κ2) is 5.59. The van der Waals surface area contributed by atoms with E-state index in [1.54, 1.807) is 18.2 Å². The minimum absolute atomic E-state index is 0.161. The fourth-order valence-electron chi connectivity index (χ4n) is 0.987. The first kappa shape index (κ1) is 11.8. The molecule has 0 aliphatic heterocycles. The van der Waals surface area contributed by atoms with Crippen molar-refractivity contribution in [2.24, 2.45) is 0 Å². The normalized spacial score (nSPS) is 9.40. The minimum atomic E-state index is -0.309. The van der Waals surface area contributed by atoms with Crippen LogP contribution in [0.25, 0.3) is 4.85 Å². The molecule has 1 aromatic rings. The highest BCUT2D eigenvalue weighted by Gasteiger charge is 2.05. The van der Waals surface area contributed by atoms with Crippen LogP contribution < -0.4 is 5.32 Å². The van der Waals surface area contributed by atoms with Crippen molar-refractivity contribution in [3.05, 3.63) is 45.2 Å². The lowest BCUT2D eigenvalue weighted by atomic mass is 10.2. The Morgan fingerprint density at radius 1 is 1.47 bits per heavy atom. The van der Waals surface area contributed by atoms with Crippen LogP contribution >= 0.6 is 23.2 Å². The molecule has 78 valence electrons. The molecule has 0 bridgehead atoms. The molecule has 0 saturated heterocycles. The number of nitrogens with one attached hydrogen (secondary N) is 1. The van der Waals surface area contributed by atoms with E-state index in [1.165, 1.54) is 0 Å². The molecule has 1 amide bonds. The first-order chi connectivity index (χ1) is 7.13. The van der Waals surface area contributed by atoms with Crippen LogP contribution in [-0.2, 0) is 11.3 Å². The lowest BCUT2D eigenvalue weighted by Gasteiger charge is -2.04. The highest BCUT2D eigenvalue weighted by Crippen LogP contribution is 2.20. The van der Waals surface area contributed by atoms with Gasteiger partial charge in [-0.3, -0.25) is 4.79 Å². The summed E-state index contributed by atoms with van der Waals surface area (Å²) in [5.41, 5.74) is 0.777. The van der Waals surface area contributed by atoms with Crippen molar-refractivity contribution < 1.29 is 4.79 Å². The van der Waals surface area contributed by atoms with E-state index >= 15 is 0 Å². The molecule has 3 nitrogen and oxygen atoms in total. The Balaban J connectivity index is 2.59. The number of nitrogens with zero attached hydrogens (tertiary/aromatic N) is 1. The monoisotopic (exact) mass is 242 g/mol. The summed E-state index contributed by atoms with van der Waals surface area (Å²) in [5, 5.41) is 3.64. The molecule has 0 aliphatic carbocycles. The fourth-order valence-corrected chi connectivity index (χ4v) is 1.46. The Labute approximate surface area is 97.8 Å². The molecule has 1 rings (SSSR count). The smallest absolute Gasteiger partial charge is 0.300 e. The van der Waals surface area contributed by atoms with Gasteiger partial charge in [0, 0.05) is 16.6 Å². The van der Waals surface area contributed by atoms with Gasteiger partial charge in [0.1, 0.15) is 0 Å². The Morgan fingerprint density at radius 2 is 2.20 bits per heavy atom. The van der Waals surface area contributed by atoms with Crippen molar-refractivity contribution in [2.45, 2.75) is 6.54 Å². The number of amides is 1. The summed E-state index contributed by atoms with van der Waals surface area (Å²) in [6.45, 7) is 6.66. The summed E-state index contributed by atoms with van der Waals surface area (Å²) in [6, 6.07) is 5.05. The number of halogens is 2. The molecule has 0 fully saturated rings. The van der Waals surface area contributed by atoms with Crippen LogP contribution in [0.1, 0.15) is 5.56 Å². The van der Waals surface area contributed by atoms with Gasteiger partial charge in [-0.2, -0.15) is 0 Å². The molecule has 0 saturated carbocycles. The topological polar surface area (TPSA) is 33.5 Å². The van der Waals surface area contributed by atoms with Gasteiger partial charge in [0.2, 0.25) is 0 Å². The van der Waals surface area contributed by atoms with Crippen LogP contribution in [0.15, 0.2) is 18.2 Å². The van der Waals surface area contributed by atoms with Gasteiger partial charge in [-0.15, -0.1) is 0 Å². The highest BCUT2D eigenvalue weighted by molar-refractivity contribution is 6.35. The number of benzene rings is 1. The summed E-state index contributed by atoms with van der Waals surface area (Å²) >= 11 is 11.6. The van der Waals surface area contributed by atoms with Crippen LogP contribution in [-0.4, -0.2) is 12.5 Å². The Bertz CT molecular complexity index is 412. The van der Waals surface area contributed by atoms with Gasteiger partial charge in [-0.25, -0.2) is 6.57 Å². The van der Waals surface area contributed by atoms with E-state index in [2.05, 4.69) is 10.2 Å². The number of carbonyl (C=O) groups excluding carboxylic acids is 1. The van der Waals surface area contributed by atoms with Gasteiger partial charge in [0.15, 0.2) is 0 Å². The molecule has 0 spiro atoms. The first-order valence-electron chi connectivity index (χ1n) is 4.17. The number of hydrogen-bond donors (Lipinski definition) is 1. The summed E-state index contributed by atoms with van der Waals surface area (Å²) in [6.07, 6.45) is 0. The maximum atomic E-state index is 11.0.